The zero-order valence-electron chi connectivity index (χ0n) is 6.77. The van der Waals surface area contributed by atoms with Crippen LogP contribution in [0.15, 0.2) is 4.79 Å². The van der Waals surface area contributed by atoms with Gasteiger partial charge in [-0.1, -0.05) is 0 Å². The number of carbonyl (C=O) groups excluding carboxylic acids is 1. The summed E-state index contributed by atoms with van der Waals surface area (Å²) >= 11 is 2.11. The van der Waals surface area contributed by atoms with Gasteiger partial charge in [0.05, 0.1) is 5.56 Å². The number of aromatic nitrogens is 1. The summed E-state index contributed by atoms with van der Waals surface area (Å²) in [5, 5.41) is 0. The van der Waals surface area contributed by atoms with Crippen molar-refractivity contribution in [2.45, 2.75) is 13.8 Å². The van der Waals surface area contributed by atoms with Crippen LogP contribution in [0.5, 0.6) is 0 Å². The number of halogens is 1. The lowest BCUT2D eigenvalue weighted by Gasteiger charge is -2.03. The van der Waals surface area contributed by atoms with E-state index >= 15 is 0 Å². The SMILES string of the molecule is Cc1[nH]c(=O)c(C=O)c(C)c1I. The zero-order valence-corrected chi connectivity index (χ0v) is 8.93. The maximum Gasteiger partial charge on any atom is 0.259 e. The number of nitrogens with one attached hydrogen (secondary N) is 1. The van der Waals surface area contributed by atoms with Crippen LogP contribution in [0.25, 0.3) is 0 Å². The molecule has 0 fully saturated rings. The van der Waals surface area contributed by atoms with Crippen molar-refractivity contribution >= 4 is 28.9 Å². The Bertz CT molecular complexity index is 381. The molecule has 1 heterocycles. The summed E-state index contributed by atoms with van der Waals surface area (Å²) in [5.74, 6) is 0. The van der Waals surface area contributed by atoms with Crippen LogP contribution in [0, 0.1) is 17.4 Å². The maximum absolute atomic E-state index is 11.2. The predicted octanol–water partition coefficient (Wildman–Crippen LogP) is 1.41. The monoisotopic (exact) mass is 277 g/mol. The van der Waals surface area contributed by atoms with Gasteiger partial charge in [0, 0.05) is 9.26 Å². The molecule has 0 atom stereocenters. The highest BCUT2D eigenvalue weighted by Crippen LogP contribution is 2.13. The van der Waals surface area contributed by atoms with Gasteiger partial charge in [-0.15, -0.1) is 0 Å². The molecule has 0 unspecified atom stereocenters. The highest BCUT2D eigenvalue weighted by atomic mass is 127. The maximum atomic E-state index is 11.2. The molecule has 0 aliphatic rings. The van der Waals surface area contributed by atoms with E-state index in [9.17, 15) is 9.59 Å². The third kappa shape index (κ3) is 1.43. The van der Waals surface area contributed by atoms with Gasteiger partial charge in [-0.3, -0.25) is 9.59 Å². The fourth-order valence-electron chi connectivity index (χ4n) is 1.00. The summed E-state index contributed by atoms with van der Waals surface area (Å²) < 4.78 is 0.939. The van der Waals surface area contributed by atoms with Crippen LogP contribution in [-0.2, 0) is 0 Å². The minimum atomic E-state index is -0.305. The molecule has 4 heteroatoms. The summed E-state index contributed by atoms with van der Waals surface area (Å²) in [6.45, 7) is 3.58. The number of aromatic amines is 1. The second-order valence-electron chi connectivity index (χ2n) is 2.55. The van der Waals surface area contributed by atoms with Crippen LogP contribution in [-0.4, -0.2) is 11.3 Å². The normalized spacial score (nSPS) is 9.92. The van der Waals surface area contributed by atoms with Crippen molar-refractivity contribution in [1.29, 1.82) is 0 Å². The van der Waals surface area contributed by atoms with Crippen LogP contribution >= 0.6 is 22.6 Å². The molecule has 1 N–H and O–H groups in total. The molecule has 0 bridgehead atoms. The summed E-state index contributed by atoms with van der Waals surface area (Å²) in [5.41, 5.74) is 1.49. The number of aldehydes is 1. The van der Waals surface area contributed by atoms with E-state index in [-0.39, 0.29) is 11.1 Å². The van der Waals surface area contributed by atoms with E-state index < -0.39 is 0 Å². The molecule has 0 saturated heterocycles. The Hall–Kier alpha value is -0.650. The van der Waals surface area contributed by atoms with Gasteiger partial charge >= 0.3 is 0 Å². The van der Waals surface area contributed by atoms with E-state index in [0.717, 1.165) is 14.8 Å². The molecule has 0 spiro atoms. The molecule has 0 saturated carbocycles. The first kappa shape index (κ1) is 9.44. The van der Waals surface area contributed by atoms with Crippen molar-refractivity contribution < 1.29 is 4.79 Å². The summed E-state index contributed by atoms with van der Waals surface area (Å²) in [7, 11) is 0. The smallest absolute Gasteiger partial charge is 0.259 e. The minimum absolute atomic E-state index is 0.227. The Morgan fingerprint density at radius 1 is 1.42 bits per heavy atom. The van der Waals surface area contributed by atoms with Crippen LogP contribution in [0.2, 0.25) is 0 Å². The second-order valence-corrected chi connectivity index (χ2v) is 3.63. The Kier molecular flexibility index (Phi) is 2.66. The lowest BCUT2D eigenvalue weighted by Crippen LogP contribution is -2.16. The molecular formula is C8H8INO2. The fraction of sp³-hybridized carbons (Fsp3) is 0.250. The van der Waals surface area contributed by atoms with E-state index in [1.165, 1.54) is 0 Å². The third-order valence-electron chi connectivity index (χ3n) is 1.73. The number of H-pyrrole nitrogens is 1. The number of aryl methyl sites for hydroxylation is 1. The van der Waals surface area contributed by atoms with Crippen molar-refractivity contribution in [3.05, 3.63) is 30.7 Å². The van der Waals surface area contributed by atoms with E-state index in [1.54, 1.807) is 6.92 Å². The summed E-state index contributed by atoms with van der Waals surface area (Å²) in [4.78, 5) is 24.2. The number of rotatable bonds is 1. The van der Waals surface area contributed by atoms with Crippen LogP contribution in [0.3, 0.4) is 0 Å². The highest BCUT2D eigenvalue weighted by Gasteiger charge is 2.08. The van der Waals surface area contributed by atoms with Crippen molar-refractivity contribution in [1.82, 2.24) is 4.98 Å². The Morgan fingerprint density at radius 3 is 2.50 bits per heavy atom. The molecular weight excluding hydrogens is 269 g/mol. The molecule has 1 rings (SSSR count). The zero-order chi connectivity index (χ0) is 9.30. The van der Waals surface area contributed by atoms with E-state index in [0.29, 0.717) is 6.29 Å². The summed E-state index contributed by atoms with van der Waals surface area (Å²) in [6.07, 6.45) is 0.593. The third-order valence-corrected chi connectivity index (χ3v) is 3.34. The molecule has 3 nitrogen and oxygen atoms in total. The Labute approximate surface area is 83.3 Å². The van der Waals surface area contributed by atoms with Crippen molar-refractivity contribution in [3.63, 3.8) is 0 Å². The van der Waals surface area contributed by atoms with E-state index in [2.05, 4.69) is 27.6 Å². The van der Waals surface area contributed by atoms with Crippen LogP contribution in [0.1, 0.15) is 21.6 Å². The van der Waals surface area contributed by atoms with Gasteiger partial charge in [-0.25, -0.2) is 0 Å². The van der Waals surface area contributed by atoms with Gasteiger partial charge in [0.25, 0.3) is 5.56 Å². The lowest BCUT2D eigenvalue weighted by molar-refractivity contribution is 0.112. The first-order chi connectivity index (χ1) is 5.57. The number of hydrogen-bond acceptors (Lipinski definition) is 2. The Morgan fingerprint density at radius 2 is 2.00 bits per heavy atom. The average molecular weight is 277 g/mol. The molecule has 1 aromatic rings. The van der Waals surface area contributed by atoms with Gasteiger partial charge in [0.15, 0.2) is 6.29 Å². The molecule has 1 aromatic heterocycles. The van der Waals surface area contributed by atoms with Gasteiger partial charge in [-0.05, 0) is 42.0 Å². The topological polar surface area (TPSA) is 49.9 Å². The lowest BCUT2D eigenvalue weighted by atomic mass is 10.1. The molecule has 0 aromatic carbocycles. The van der Waals surface area contributed by atoms with Crippen molar-refractivity contribution in [2.24, 2.45) is 0 Å². The number of carbonyl (C=O) groups is 1. The molecule has 0 aliphatic carbocycles. The van der Waals surface area contributed by atoms with Gasteiger partial charge in [0.1, 0.15) is 0 Å². The first-order valence-electron chi connectivity index (χ1n) is 3.42. The first-order valence-corrected chi connectivity index (χ1v) is 4.50. The summed E-state index contributed by atoms with van der Waals surface area (Å²) in [6, 6.07) is 0. The number of hydrogen-bond donors (Lipinski definition) is 1. The quantitative estimate of drug-likeness (QED) is 0.623. The highest BCUT2D eigenvalue weighted by molar-refractivity contribution is 14.1. The molecule has 64 valence electrons. The number of pyridine rings is 1. The van der Waals surface area contributed by atoms with Crippen molar-refractivity contribution in [2.75, 3.05) is 0 Å². The molecule has 0 amide bonds. The molecule has 12 heavy (non-hydrogen) atoms. The van der Waals surface area contributed by atoms with Gasteiger partial charge < -0.3 is 4.98 Å². The van der Waals surface area contributed by atoms with E-state index in [1.807, 2.05) is 6.92 Å². The van der Waals surface area contributed by atoms with Crippen LogP contribution < -0.4 is 5.56 Å². The van der Waals surface area contributed by atoms with Gasteiger partial charge in [0.2, 0.25) is 0 Å². The predicted molar refractivity (Wildman–Crippen MR) is 54.6 cm³/mol. The Balaban J connectivity index is 3.62. The molecule has 0 aliphatic heterocycles. The van der Waals surface area contributed by atoms with Gasteiger partial charge in [-0.2, -0.15) is 0 Å². The molecule has 0 radical (unpaired) electrons. The minimum Gasteiger partial charge on any atom is -0.325 e. The van der Waals surface area contributed by atoms with E-state index in [4.69, 9.17) is 0 Å². The largest absolute Gasteiger partial charge is 0.325 e. The fourth-order valence-corrected chi connectivity index (χ4v) is 1.43. The second kappa shape index (κ2) is 3.38. The van der Waals surface area contributed by atoms with Crippen LogP contribution in [0.4, 0.5) is 0 Å². The van der Waals surface area contributed by atoms with Crippen molar-refractivity contribution in [3.8, 4) is 0 Å². The average Bonchev–Trinajstić information content (AvgIpc) is 2.01. The standard InChI is InChI=1S/C8H8INO2/c1-4-6(3-11)8(12)10-5(2)7(4)9/h3H,1-2H3,(H,10,12).